The van der Waals surface area contributed by atoms with Gasteiger partial charge in [-0.2, -0.15) is 5.26 Å². The summed E-state index contributed by atoms with van der Waals surface area (Å²) in [5, 5.41) is 18.2. The van der Waals surface area contributed by atoms with Crippen molar-refractivity contribution in [2.45, 2.75) is 25.1 Å². The Bertz CT molecular complexity index is 1260. The van der Waals surface area contributed by atoms with Crippen molar-refractivity contribution in [2.75, 3.05) is 17.2 Å². The van der Waals surface area contributed by atoms with E-state index < -0.39 is 12.0 Å². The van der Waals surface area contributed by atoms with Gasteiger partial charge in [-0.25, -0.2) is 9.37 Å². The van der Waals surface area contributed by atoms with Gasteiger partial charge in [0.2, 0.25) is 0 Å². The number of nitrogens with zero attached hydrogens (tertiary/aromatic N) is 4. The molecule has 0 unspecified atom stereocenters. The molecule has 1 aromatic carbocycles. The van der Waals surface area contributed by atoms with E-state index in [1.807, 2.05) is 4.90 Å². The Hall–Kier alpha value is -3.45. The molecule has 4 rings (SSSR count). The SMILES string of the molecule is N#C[C@@H]1CCCN1c1ccc(C(=N)c2cc(O[C@H](N)c3c(Cl)cncc3Cl)c(F)cc2N)cn1. The van der Waals surface area contributed by atoms with Gasteiger partial charge in [0.05, 0.1) is 21.8 Å². The zero-order chi connectivity index (χ0) is 24.4. The van der Waals surface area contributed by atoms with Gasteiger partial charge in [-0.15, -0.1) is 0 Å². The van der Waals surface area contributed by atoms with E-state index in [9.17, 15) is 9.65 Å². The van der Waals surface area contributed by atoms with Gasteiger partial charge in [0.1, 0.15) is 11.9 Å². The lowest BCUT2D eigenvalue weighted by Gasteiger charge is -2.21. The minimum atomic E-state index is -1.18. The molecule has 2 atom stereocenters. The number of pyridine rings is 2. The lowest BCUT2D eigenvalue weighted by molar-refractivity contribution is 0.204. The summed E-state index contributed by atoms with van der Waals surface area (Å²) < 4.78 is 20.2. The maximum Gasteiger partial charge on any atom is 0.177 e. The van der Waals surface area contributed by atoms with Crippen LogP contribution in [0, 0.1) is 22.6 Å². The van der Waals surface area contributed by atoms with Crippen molar-refractivity contribution in [3.63, 3.8) is 0 Å². The molecular formula is C23H20Cl2FN7O. The van der Waals surface area contributed by atoms with E-state index in [0.717, 1.165) is 25.5 Å². The highest BCUT2D eigenvalue weighted by Gasteiger charge is 2.25. The summed E-state index contributed by atoms with van der Waals surface area (Å²) in [5.74, 6) is -0.312. The van der Waals surface area contributed by atoms with E-state index in [0.29, 0.717) is 11.4 Å². The molecule has 0 amide bonds. The third-order valence-electron chi connectivity index (χ3n) is 5.53. The van der Waals surface area contributed by atoms with Crippen LogP contribution in [-0.4, -0.2) is 28.3 Å². The molecule has 0 spiro atoms. The van der Waals surface area contributed by atoms with Crippen molar-refractivity contribution < 1.29 is 9.13 Å². The number of nitrogens with one attached hydrogen (secondary N) is 1. The van der Waals surface area contributed by atoms with Crippen LogP contribution in [-0.2, 0) is 0 Å². The van der Waals surface area contributed by atoms with Crippen LogP contribution in [0.1, 0.15) is 35.8 Å². The van der Waals surface area contributed by atoms with Crippen molar-refractivity contribution in [2.24, 2.45) is 5.73 Å². The summed E-state index contributed by atoms with van der Waals surface area (Å²) in [6, 6.07) is 7.89. The predicted octanol–water partition coefficient (Wildman–Crippen LogP) is 4.45. The number of rotatable bonds is 6. The number of ether oxygens (including phenoxy) is 1. The number of halogens is 3. The average molecular weight is 500 g/mol. The molecule has 1 aliphatic rings. The topological polar surface area (TPSA) is 138 Å². The van der Waals surface area contributed by atoms with Gasteiger partial charge in [-0.05, 0) is 31.0 Å². The molecule has 0 saturated carbocycles. The monoisotopic (exact) mass is 499 g/mol. The van der Waals surface area contributed by atoms with E-state index in [1.54, 1.807) is 12.1 Å². The second kappa shape index (κ2) is 9.81. The maximum atomic E-state index is 14.6. The molecule has 3 aromatic rings. The number of benzene rings is 1. The molecule has 11 heteroatoms. The van der Waals surface area contributed by atoms with Gasteiger partial charge in [-0.3, -0.25) is 16.1 Å². The fourth-order valence-electron chi connectivity index (χ4n) is 3.80. The Labute approximate surface area is 205 Å². The standard InChI is InChI=1S/C23H20Cl2FN7O/c24-15-10-31-11-16(25)21(15)23(30)34-19-6-14(18(28)7-17(19)26)22(29)12-3-4-20(32-9-12)33-5-1-2-13(33)8-27/h3-4,6-7,9-11,13,23,29H,1-2,5,28,30H2/t13-,23-/m0/s1. The summed E-state index contributed by atoms with van der Waals surface area (Å²) in [6.07, 6.45) is 4.76. The molecule has 34 heavy (non-hydrogen) atoms. The van der Waals surface area contributed by atoms with Gasteiger partial charge in [0.25, 0.3) is 0 Å². The van der Waals surface area contributed by atoms with Gasteiger partial charge >= 0.3 is 0 Å². The van der Waals surface area contributed by atoms with E-state index in [2.05, 4.69) is 16.0 Å². The van der Waals surface area contributed by atoms with Gasteiger partial charge in [0.15, 0.2) is 17.8 Å². The second-order valence-corrected chi connectivity index (χ2v) is 8.50. The summed E-state index contributed by atoms with van der Waals surface area (Å²) in [7, 11) is 0. The van der Waals surface area contributed by atoms with Crippen LogP contribution in [0.3, 0.4) is 0 Å². The summed E-state index contributed by atoms with van der Waals surface area (Å²) in [5.41, 5.74) is 13.1. The molecule has 1 fully saturated rings. The minimum absolute atomic E-state index is 0.0215. The smallest absolute Gasteiger partial charge is 0.177 e. The normalized spacial score (nSPS) is 16.2. The number of hydrogen-bond donors (Lipinski definition) is 3. The first-order valence-corrected chi connectivity index (χ1v) is 11.1. The van der Waals surface area contributed by atoms with Crippen molar-refractivity contribution >= 4 is 40.4 Å². The number of anilines is 2. The van der Waals surface area contributed by atoms with Crippen LogP contribution in [0.5, 0.6) is 5.75 Å². The molecule has 3 heterocycles. The Morgan fingerprint density at radius 2 is 2.00 bits per heavy atom. The lowest BCUT2D eigenvalue weighted by Crippen LogP contribution is -2.28. The van der Waals surface area contributed by atoms with Gasteiger partial charge in [-0.1, -0.05) is 23.2 Å². The van der Waals surface area contributed by atoms with Crippen molar-refractivity contribution in [3.8, 4) is 11.8 Å². The number of nitrogen functional groups attached to an aromatic ring is 1. The van der Waals surface area contributed by atoms with Crippen molar-refractivity contribution in [3.05, 3.63) is 75.4 Å². The van der Waals surface area contributed by atoms with E-state index >= 15 is 0 Å². The quantitative estimate of drug-likeness (QED) is 0.258. The third-order valence-corrected chi connectivity index (χ3v) is 6.14. The average Bonchev–Trinajstić information content (AvgIpc) is 3.29. The molecule has 5 N–H and O–H groups in total. The highest BCUT2D eigenvalue weighted by molar-refractivity contribution is 6.35. The van der Waals surface area contributed by atoms with E-state index in [4.69, 9.17) is 44.8 Å². The van der Waals surface area contributed by atoms with Crippen LogP contribution in [0.2, 0.25) is 10.0 Å². The van der Waals surface area contributed by atoms with Crippen molar-refractivity contribution in [1.82, 2.24) is 9.97 Å². The summed E-state index contributed by atoms with van der Waals surface area (Å²) in [6.45, 7) is 0.749. The molecule has 0 aliphatic carbocycles. The van der Waals surface area contributed by atoms with Crippen LogP contribution in [0.15, 0.2) is 42.9 Å². The third kappa shape index (κ3) is 4.61. The molecule has 174 valence electrons. The Morgan fingerprint density at radius 3 is 2.65 bits per heavy atom. The Kier molecular flexibility index (Phi) is 6.84. The second-order valence-electron chi connectivity index (χ2n) is 7.69. The predicted molar refractivity (Wildman–Crippen MR) is 129 cm³/mol. The first kappa shape index (κ1) is 23.7. The summed E-state index contributed by atoms with van der Waals surface area (Å²) in [4.78, 5) is 10.2. The minimum Gasteiger partial charge on any atom is -0.468 e. The zero-order valence-corrected chi connectivity index (χ0v) is 19.3. The Morgan fingerprint density at radius 1 is 1.26 bits per heavy atom. The lowest BCUT2D eigenvalue weighted by atomic mass is 10.0. The first-order valence-electron chi connectivity index (χ1n) is 10.3. The van der Waals surface area contributed by atoms with Crippen LogP contribution >= 0.6 is 23.2 Å². The fourth-order valence-corrected chi connectivity index (χ4v) is 4.38. The maximum absolute atomic E-state index is 14.6. The van der Waals surface area contributed by atoms with Crippen LogP contribution in [0.4, 0.5) is 15.9 Å². The number of aromatic nitrogens is 2. The first-order chi connectivity index (χ1) is 16.3. The fraction of sp³-hybridized carbons (Fsp3) is 0.217. The highest BCUT2D eigenvalue weighted by atomic mass is 35.5. The molecule has 1 aliphatic heterocycles. The van der Waals surface area contributed by atoms with E-state index in [-0.39, 0.29) is 44.4 Å². The van der Waals surface area contributed by atoms with Crippen LogP contribution in [0.25, 0.3) is 0 Å². The summed E-state index contributed by atoms with van der Waals surface area (Å²) >= 11 is 12.2. The Balaban J connectivity index is 1.59. The molecular weight excluding hydrogens is 480 g/mol. The van der Waals surface area contributed by atoms with Gasteiger partial charge in [0, 0.05) is 53.6 Å². The zero-order valence-electron chi connectivity index (χ0n) is 17.8. The largest absolute Gasteiger partial charge is 0.468 e. The van der Waals surface area contributed by atoms with E-state index in [1.165, 1.54) is 24.7 Å². The highest BCUT2D eigenvalue weighted by Crippen LogP contribution is 2.33. The molecule has 0 bridgehead atoms. The number of nitriles is 1. The molecule has 1 saturated heterocycles. The number of nitrogens with two attached hydrogens (primary N) is 2. The van der Waals surface area contributed by atoms with Gasteiger partial charge < -0.3 is 15.4 Å². The molecule has 2 aromatic heterocycles. The molecule has 8 nitrogen and oxygen atoms in total. The number of hydrogen-bond acceptors (Lipinski definition) is 8. The van der Waals surface area contributed by atoms with Crippen LogP contribution < -0.4 is 21.1 Å². The molecule has 0 radical (unpaired) electrons. The van der Waals surface area contributed by atoms with Crippen molar-refractivity contribution in [1.29, 1.82) is 10.7 Å².